The maximum atomic E-state index is 13.1. The van der Waals surface area contributed by atoms with Gasteiger partial charge < -0.3 is 15.1 Å². The number of hydrogen-bond acceptors (Lipinski definition) is 4. The second-order valence-corrected chi connectivity index (χ2v) is 8.16. The van der Waals surface area contributed by atoms with Crippen LogP contribution >= 0.6 is 11.6 Å². The van der Waals surface area contributed by atoms with Gasteiger partial charge in [-0.1, -0.05) is 23.2 Å². The predicted molar refractivity (Wildman–Crippen MR) is 120 cm³/mol. The molecule has 6 heteroatoms. The third-order valence-corrected chi connectivity index (χ3v) is 5.69. The van der Waals surface area contributed by atoms with Crippen molar-refractivity contribution in [2.45, 2.75) is 13.8 Å². The van der Waals surface area contributed by atoms with Crippen LogP contribution in [0.3, 0.4) is 0 Å². The molecule has 5 nitrogen and oxygen atoms in total. The number of aryl methyl sites for hydroxylation is 2. The number of carbonyl (C=O) groups excluding carboxylic acids is 1. The Balaban J connectivity index is 1.65. The standard InChI is InChI=1S/C23H25ClN4O/c1-15-4-6-20-17(12-15)13-19(16(2)25-20)23(29)26-21-14-18(24)5-7-22(21)28-10-8-27(3)9-11-28/h4-7,12-14H,8-11H2,1-3H3,(H,26,29). The first-order valence-corrected chi connectivity index (χ1v) is 10.2. The summed E-state index contributed by atoms with van der Waals surface area (Å²) in [6.45, 7) is 7.71. The summed E-state index contributed by atoms with van der Waals surface area (Å²) < 4.78 is 0. The van der Waals surface area contributed by atoms with Crippen molar-refractivity contribution in [1.29, 1.82) is 0 Å². The molecule has 3 aromatic rings. The van der Waals surface area contributed by atoms with Crippen LogP contribution in [0.25, 0.3) is 10.9 Å². The van der Waals surface area contributed by atoms with Crippen LogP contribution in [0.1, 0.15) is 21.6 Å². The minimum atomic E-state index is -0.170. The van der Waals surface area contributed by atoms with Gasteiger partial charge in [-0.3, -0.25) is 9.78 Å². The van der Waals surface area contributed by atoms with Crippen molar-refractivity contribution in [1.82, 2.24) is 9.88 Å². The minimum absolute atomic E-state index is 0.170. The highest BCUT2D eigenvalue weighted by Gasteiger charge is 2.20. The summed E-state index contributed by atoms with van der Waals surface area (Å²) in [6.07, 6.45) is 0. The van der Waals surface area contributed by atoms with Crippen molar-refractivity contribution in [3.63, 3.8) is 0 Å². The molecule has 0 spiro atoms. The van der Waals surface area contributed by atoms with Gasteiger partial charge in [-0.2, -0.15) is 0 Å². The summed E-state index contributed by atoms with van der Waals surface area (Å²) in [7, 11) is 2.12. The number of hydrogen-bond donors (Lipinski definition) is 1. The third kappa shape index (κ3) is 4.21. The zero-order valence-electron chi connectivity index (χ0n) is 17.0. The molecule has 4 rings (SSSR count). The van der Waals surface area contributed by atoms with E-state index in [9.17, 15) is 4.79 Å². The summed E-state index contributed by atoms with van der Waals surface area (Å²) >= 11 is 6.24. The maximum absolute atomic E-state index is 13.1. The van der Waals surface area contributed by atoms with E-state index in [2.05, 4.69) is 27.1 Å². The van der Waals surface area contributed by atoms with Crippen molar-refractivity contribution in [2.24, 2.45) is 0 Å². The number of carbonyl (C=O) groups is 1. The number of nitrogens with zero attached hydrogens (tertiary/aromatic N) is 3. The number of nitrogens with one attached hydrogen (secondary N) is 1. The van der Waals surface area contributed by atoms with Gasteiger partial charge in [-0.15, -0.1) is 0 Å². The second kappa shape index (κ2) is 8.01. The van der Waals surface area contributed by atoms with Crippen molar-refractivity contribution in [3.8, 4) is 0 Å². The van der Waals surface area contributed by atoms with Crippen molar-refractivity contribution in [3.05, 3.63) is 64.3 Å². The zero-order chi connectivity index (χ0) is 20.5. The Morgan fingerprint density at radius 3 is 2.55 bits per heavy atom. The second-order valence-electron chi connectivity index (χ2n) is 7.72. The Kier molecular flexibility index (Phi) is 5.43. The largest absolute Gasteiger partial charge is 0.367 e. The van der Waals surface area contributed by atoms with E-state index in [1.807, 2.05) is 56.3 Å². The highest BCUT2D eigenvalue weighted by Crippen LogP contribution is 2.31. The molecule has 0 atom stereocenters. The summed E-state index contributed by atoms with van der Waals surface area (Å²) in [5.41, 5.74) is 5.05. The van der Waals surface area contributed by atoms with Crippen LogP contribution in [0.4, 0.5) is 11.4 Å². The van der Waals surface area contributed by atoms with Crippen molar-refractivity contribution >= 4 is 39.8 Å². The van der Waals surface area contributed by atoms with Gasteiger partial charge in [0.15, 0.2) is 0 Å². The molecule has 1 saturated heterocycles. The van der Waals surface area contributed by atoms with Gasteiger partial charge in [-0.25, -0.2) is 0 Å². The van der Waals surface area contributed by atoms with Crippen LogP contribution in [0, 0.1) is 13.8 Å². The molecular weight excluding hydrogens is 384 g/mol. The van der Waals surface area contributed by atoms with E-state index in [-0.39, 0.29) is 5.91 Å². The third-order valence-electron chi connectivity index (χ3n) is 5.46. The molecule has 1 aromatic heterocycles. The molecule has 0 bridgehead atoms. The monoisotopic (exact) mass is 408 g/mol. The normalized spacial score (nSPS) is 15.0. The predicted octanol–water partition coefficient (Wildman–Crippen LogP) is 4.51. The average Bonchev–Trinajstić information content (AvgIpc) is 2.69. The quantitative estimate of drug-likeness (QED) is 0.692. The van der Waals surface area contributed by atoms with Crippen LogP contribution in [-0.4, -0.2) is 49.0 Å². The molecule has 1 aliphatic heterocycles. The molecule has 1 amide bonds. The molecule has 150 valence electrons. The molecule has 0 saturated carbocycles. The molecule has 1 N–H and O–H groups in total. The van der Waals surface area contributed by atoms with Crippen LogP contribution in [0.2, 0.25) is 5.02 Å². The van der Waals surface area contributed by atoms with E-state index >= 15 is 0 Å². The Hall–Kier alpha value is -2.63. The smallest absolute Gasteiger partial charge is 0.257 e. The van der Waals surface area contributed by atoms with Crippen LogP contribution in [0.15, 0.2) is 42.5 Å². The van der Waals surface area contributed by atoms with Gasteiger partial charge >= 0.3 is 0 Å². The zero-order valence-corrected chi connectivity index (χ0v) is 17.8. The lowest BCUT2D eigenvalue weighted by molar-refractivity contribution is 0.102. The number of rotatable bonds is 3. The maximum Gasteiger partial charge on any atom is 0.257 e. The number of amides is 1. The van der Waals surface area contributed by atoms with Gasteiger partial charge in [-0.05, 0) is 57.3 Å². The molecule has 2 aromatic carbocycles. The fourth-order valence-corrected chi connectivity index (χ4v) is 3.92. The summed E-state index contributed by atoms with van der Waals surface area (Å²) in [5, 5.41) is 4.64. The molecule has 0 aliphatic carbocycles. The van der Waals surface area contributed by atoms with E-state index in [4.69, 9.17) is 11.6 Å². The Labute approximate surface area is 176 Å². The fraction of sp³-hybridized carbons (Fsp3) is 0.304. The van der Waals surface area contributed by atoms with Gasteiger partial charge in [0, 0.05) is 36.6 Å². The van der Waals surface area contributed by atoms with Gasteiger partial charge in [0.25, 0.3) is 5.91 Å². The first-order valence-electron chi connectivity index (χ1n) is 9.83. The summed E-state index contributed by atoms with van der Waals surface area (Å²) in [6, 6.07) is 13.7. The Morgan fingerprint density at radius 2 is 1.79 bits per heavy atom. The van der Waals surface area contributed by atoms with E-state index in [0.717, 1.165) is 54.0 Å². The molecule has 1 fully saturated rings. The minimum Gasteiger partial charge on any atom is -0.367 e. The first-order chi connectivity index (χ1) is 13.9. The Bertz CT molecular complexity index is 1070. The number of halogens is 1. The van der Waals surface area contributed by atoms with Crippen LogP contribution < -0.4 is 10.2 Å². The van der Waals surface area contributed by atoms with E-state index < -0.39 is 0 Å². The molecule has 0 radical (unpaired) electrons. The van der Waals surface area contributed by atoms with Crippen molar-refractivity contribution in [2.75, 3.05) is 43.4 Å². The van der Waals surface area contributed by atoms with Crippen molar-refractivity contribution < 1.29 is 4.79 Å². The number of benzene rings is 2. The number of pyridine rings is 1. The lowest BCUT2D eigenvalue weighted by Crippen LogP contribution is -2.44. The molecule has 29 heavy (non-hydrogen) atoms. The summed E-state index contributed by atoms with van der Waals surface area (Å²) in [5.74, 6) is -0.170. The number of piperazine rings is 1. The molecular formula is C23H25ClN4O. The highest BCUT2D eigenvalue weighted by molar-refractivity contribution is 6.31. The van der Waals surface area contributed by atoms with E-state index in [1.165, 1.54) is 0 Å². The number of aromatic nitrogens is 1. The number of fused-ring (bicyclic) bond motifs is 1. The lowest BCUT2D eigenvalue weighted by Gasteiger charge is -2.35. The summed E-state index contributed by atoms with van der Waals surface area (Å²) in [4.78, 5) is 22.4. The first kappa shape index (κ1) is 19.7. The molecule has 0 unspecified atom stereocenters. The Morgan fingerprint density at radius 1 is 1.03 bits per heavy atom. The van der Waals surface area contributed by atoms with Crippen LogP contribution in [-0.2, 0) is 0 Å². The SMILES string of the molecule is Cc1ccc2nc(C)c(C(=O)Nc3cc(Cl)ccc3N3CCN(C)CC3)cc2c1. The number of likely N-dealkylation sites (N-methyl/N-ethyl adjacent to an activating group) is 1. The van der Waals surface area contributed by atoms with Gasteiger partial charge in [0.1, 0.15) is 0 Å². The highest BCUT2D eigenvalue weighted by atomic mass is 35.5. The average molecular weight is 409 g/mol. The van der Waals surface area contributed by atoms with Gasteiger partial charge in [0.05, 0.1) is 28.1 Å². The van der Waals surface area contributed by atoms with E-state index in [0.29, 0.717) is 16.3 Å². The van der Waals surface area contributed by atoms with Gasteiger partial charge in [0.2, 0.25) is 0 Å². The van der Waals surface area contributed by atoms with Crippen LogP contribution in [0.5, 0.6) is 0 Å². The van der Waals surface area contributed by atoms with E-state index in [1.54, 1.807) is 0 Å². The fourth-order valence-electron chi connectivity index (χ4n) is 3.74. The topological polar surface area (TPSA) is 48.5 Å². The number of anilines is 2. The molecule has 2 heterocycles. The lowest BCUT2D eigenvalue weighted by atomic mass is 10.1. The molecule has 1 aliphatic rings.